The fourth-order valence-electron chi connectivity index (χ4n) is 0. The van der Waals surface area contributed by atoms with Crippen molar-refractivity contribution in [2.24, 2.45) is 0 Å². The third kappa shape index (κ3) is 14700. The quantitative estimate of drug-likeness (QED) is 0.467. The number of rotatable bonds is 0. The zero-order chi connectivity index (χ0) is 12.8. The predicted molar refractivity (Wildman–Crippen MR) is 51.7 cm³/mol. The molecule has 0 spiro atoms. The Morgan fingerprint density at radius 2 is 0.643 bits per heavy atom. The minimum absolute atomic E-state index is 0.250. The summed E-state index contributed by atoms with van der Waals surface area (Å²) in [5.41, 5.74) is 0. The van der Waals surface area contributed by atoms with Crippen molar-refractivity contribution in [2.75, 3.05) is 26.4 Å². The summed E-state index contributed by atoms with van der Waals surface area (Å²) >= 11 is 0.700. The van der Waals surface area contributed by atoms with Gasteiger partial charge in [-0.1, -0.05) is 0 Å². The van der Waals surface area contributed by atoms with Gasteiger partial charge in [-0.25, -0.2) is 0 Å². The van der Waals surface area contributed by atoms with Crippen LogP contribution in [-0.4, -0.2) is 46.9 Å². The molecule has 0 aliphatic rings. The number of hydrogen-bond donors (Lipinski definition) is 4. The van der Waals surface area contributed by atoms with E-state index in [-0.39, 0.29) is 26.4 Å². The Morgan fingerprint density at radius 1 is 0.643 bits per heavy atom. The molecule has 0 radical (unpaired) electrons. The molecule has 5 nitrogen and oxygen atoms in total. The zero-order valence-electron chi connectivity index (χ0n) is 9.43. The standard InChI is InChI=1S/4C2H6O.Mo.O/c4*1-2-3;;/h4*3H,2H2,1H3;;. The molecule has 0 fully saturated rings. The third-order valence-electron chi connectivity index (χ3n) is 0. The van der Waals surface area contributed by atoms with Gasteiger partial charge < -0.3 is 20.4 Å². The van der Waals surface area contributed by atoms with Crippen molar-refractivity contribution in [2.45, 2.75) is 27.7 Å². The summed E-state index contributed by atoms with van der Waals surface area (Å²) in [6, 6.07) is 0. The first-order valence-electron chi connectivity index (χ1n) is 4.26. The van der Waals surface area contributed by atoms with Gasteiger partial charge in [0.1, 0.15) is 0 Å². The first kappa shape index (κ1) is 29.3. The SMILES string of the molecule is CCO.CCO.CCO.CCO.[O]=[Mo]. The molecule has 0 aromatic carbocycles. The molecule has 4 N–H and O–H groups in total. The van der Waals surface area contributed by atoms with Crippen LogP contribution in [0.3, 0.4) is 0 Å². The van der Waals surface area contributed by atoms with E-state index < -0.39 is 0 Å². The molecule has 0 atom stereocenters. The van der Waals surface area contributed by atoms with Crippen LogP contribution < -0.4 is 0 Å². The summed E-state index contributed by atoms with van der Waals surface area (Å²) in [4.78, 5) is 0. The average Bonchev–Trinajstić information content (AvgIpc) is 2.12. The van der Waals surface area contributed by atoms with Crippen LogP contribution in [0.4, 0.5) is 0 Å². The molecule has 0 amide bonds. The average molecular weight is 296 g/mol. The van der Waals surface area contributed by atoms with E-state index in [2.05, 4.69) is 0 Å². The van der Waals surface area contributed by atoms with Gasteiger partial charge in [-0.2, -0.15) is 0 Å². The maximum absolute atomic E-state index is 8.26. The van der Waals surface area contributed by atoms with Crippen LogP contribution in [0.15, 0.2) is 0 Å². The summed E-state index contributed by atoms with van der Waals surface area (Å²) in [5, 5.41) is 30.3. The van der Waals surface area contributed by atoms with Crippen LogP contribution in [0.1, 0.15) is 27.7 Å². The van der Waals surface area contributed by atoms with Gasteiger partial charge in [0.2, 0.25) is 0 Å². The molecular weight excluding hydrogens is 272 g/mol. The molecule has 6 heteroatoms. The van der Waals surface area contributed by atoms with E-state index >= 15 is 0 Å². The van der Waals surface area contributed by atoms with Crippen molar-refractivity contribution in [3.8, 4) is 0 Å². The second-order valence-corrected chi connectivity index (χ2v) is 1.26. The molecule has 0 saturated carbocycles. The Kier molecular flexibility index (Phi) is 226. The van der Waals surface area contributed by atoms with Crippen molar-refractivity contribution < 1.29 is 43.6 Å². The summed E-state index contributed by atoms with van der Waals surface area (Å²) in [7, 11) is 0. The molecule has 0 unspecified atom stereocenters. The van der Waals surface area contributed by atoms with Crippen LogP contribution >= 0.6 is 0 Å². The van der Waals surface area contributed by atoms with Gasteiger partial charge in [0.15, 0.2) is 0 Å². The van der Waals surface area contributed by atoms with Crippen LogP contribution in [0.2, 0.25) is 0 Å². The van der Waals surface area contributed by atoms with Gasteiger partial charge in [0.05, 0.1) is 0 Å². The number of aliphatic hydroxyl groups excluding tert-OH is 4. The van der Waals surface area contributed by atoms with Crippen molar-refractivity contribution in [1.82, 2.24) is 0 Å². The van der Waals surface area contributed by atoms with Gasteiger partial charge in [-0.15, -0.1) is 0 Å². The Hall–Kier alpha value is 0.328. The summed E-state index contributed by atoms with van der Waals surface area (Å²) in [6.07, 6.45) is 0. The predicted octanol–water partition coefficient (Wildman–Crippen LogP) is -0.127. The van der Waals surface area contributed by atoms with Gasteiger partial charge in [-0.3, -0.25) is 0 Å². The van der Waals surface area contributed by atoms with E-state index in [1.54, 1.807) is 27.7 Å². The molecule has 0 aromatic rings. The van der Waals surface area contributed by atoms with E-state index in [1.165, 1.54) is 0 Å². The molecule has 14 heavy (non-hydrogen) atoms. The van der Waals surface area contributed by atoms with Gasteiger partial charge >= 0.3 is 23.2 Å². The topological polar surface area (TPSA) is 98.0 Å². The molecule has 0 heterocycles. The van der Waals surface area contributed by atoms with Crippen molar-refractivity contribution in [3.05, 3.63) is 0 Å². The van der Waals surface area contributed by atoms with E-state index in [0.717, 1.165) is 0 Å². The fourth-order valence-corrected chi connectivity index (χ4v) is 0. The third-order valence-corrected chi connectivity index (χ3v) is 0. The van der Waals surface area contributed by atoms with E-state index in [9.17, 15) is 0 Å². The van der Waals surface area contributed by atoms with Crippen molar-refractivity contribution in [3.63, 3.8) is 0 Å². The minimum atomic E-state index is 0.250. The van der Waals surface area contributed by atoms with E-state index in [0.29, 0.717) is 19.8 Å². The normalized spacial score (nSPS) is 5.43. The Morgan fingerprint density at radius 3 is 0.643 bits per heavy atom. The first-order valence-corrected chi connectivity index (χ1v) is 5.08. The maximum atomic E-state index is 8.26. The molecule has 0 aromatic heterocycles. The van der Waals surface area contributed by atoms with E-state index in [4.69, 9.17) is 23.8 Å². The molecule has 0 bridgehead atoms. The second-order valence-electron chi connectivity index (χ2n) is 1.26. The summed E-state index contributed by atoms with van der Waals surface area (Å²) < 4.78 is 8.26. The van der Waals surface area contributed by atoms with E-state index in [1.807, 2.05) is 0 Å². The Bertz CT molecular complexity index is 32.9. The van der Waals surface area contributed by atoms with Crippen LogP contribution in [0.5, 0.6) is 0 Å². The first-order chi connectivity index (χ1) is 6.66. The second kappa shape index (κ2) is 108. The number of aliphatic hydroxyl groups is 4. The molecule has 0 saturated heterocycles. The van der Waals surface area contributed by atoms with Gasteiger partial charge in [-0.05, 0) is 27.7 Å². The molecule has 92 valence electrons. The molecular formula is C8H24MoO5. The van der Waals surface area contributed by atoms with Gasteiger partial charge in [0.25, 0.3) is 0 Å². The van der Waals surface area contributed by atoms with Crippen LogP contribution in [0.25, 0.3) is 0 Å². The monoisotopic (exact) mass is 298 g/mol. The van der Waals surface area contributed by atoms with Gasteiger partial charge in [0, 0.05) is 26.4 Å². The van der Waals surface area contributed by atoms with Crippen molar-refractivity contribution >= 4 is 0 Å². The molecule has 0 rings (SSSR count). The fraction of sp³-hybridized carbons (Fsp3) is 1.00. The van der Waals surface area contributed by atoms with Crippen molar-refractivity contribution in [1.29, 1.82) is 0 Å². The zero-order valence-corrected chi connectivity index (χ0v) is 11.4. The van der Waals surface area contributed by atoms with Crippen LogP contribution in [0, 0.1) is 0 Å². The van der Waals surface area contributed by atoms with Crippen LogP contribution in [-0.2, 0) is 23.2 Å². The Labute approximate surface area is 98.0 Å². The summed E-state index contributed by atoms with van der Waals surface area (Å²) in [5.74, 6) is 0. The summed E-state index contributed by atoms with van der Waals surface area (Å²) in [6.45, 7) is 7.72. The molecule has 0 aliphatic heterocycles. The molecule has 0 aliphatic carbocycles. The number of hydrogen-bond acceptors (Lipinski definition) is 5. The Balaban J connectivity index is -0.0000000243.